The molecule has 2 rings (SSSR count). The summed E-state index contributed by atoms with van der Waals surface area (Å²) in [6.07, 6.45) is 1.83. The Hall–Kier alpha value is -0.380. The normalized spacial score (nSPS) is 10.4. The number of thiazole rings is 1. The maximum atomic E-state index is 5.72. The van der Waals surface area contributed by atoms with Gasteiger partial charge in [0.05, 0.1) is 5.88 Å². The van der Waals surface area contributed by atoms with Crippen molar-refractivity contribution in [2.24, 2.45) is 0 Å². The predicted octanol–water partition coefficient (Wildman–Crippen LogP) is 4.31. The van der Waals surface area contributed by atoms with Crippen molar-refractivity contribution in [3.8, 4) is 10.6 Å². The first kappa shape index (κ1) is 10.1. The number of alkyl halides is 1. The number of benzene rings is 1. The van der Waals surface area contributed by atoms with Crippen molar-refractivity contribution in [1.82, 2.24) is 4.98 Å². The van der Waals surface area contributed by atoms with Crippen molar-refractivity contribution >= 4 is 38.9 Å². The van der Waals surface area contributed by atoms with Gasteiger partial charge in [0.15, 0.2) is 0 Å². The maximum absolute atomic E-state index is 5.72. The zero-order valence-electron chi connectivity index (χ0n) is 7.21. The molecule has 0 spiro atoms. The monoisotopic (exact) mass is 287 g/mol. The molecule has 0 unspecified atom stereocenters. The standard InChI is InChI=1S/C10H7BrClNS/c11-8-3-1-2-7(4-8)10-13-6-9(5-12)14-10/h1-4,6H,5H2. The number of aromatic nitrogens is 1. The summed E-state index contributed by atoms with van der Waals surface area (Å²) in [6.45, 7) is 0. The van der Waals surface area contributed by atoms with Gasteiger partial charge in [0.1, 0.15) is 5.01 Å². The predicted molar refractivity (Wildman–Crippen MR) is 64.8 cm³/mol. The van der Waals surface area contributed by atoms with E-state index in [-0.39, 0.29) is 0 Å². The highest BCUT2D eigenvalue weighted by Gasteiger charge is 2.03. The van der Waals surface area contributed by atoms with Gasteiger partial charge in [0.25, 0.3) is 0 Å². The van der Waals surface area contributed by atoms with Crippen molar-refractivity contribution in [2.75, 3.05) is 0 Å². The Bertz CT molecular complexity index is 441. The van der Waals surface area contributed by atoms with Crippen molar-refractivity contribution in [3.05, 3.63) is 39.8 Å². The molecular formula is C10H7BrClNS. The number of hydrogen-bond donors (Lipinski definition) is 0. The van der Waals surface area contributed by atoms with Crippen LogP contribution in [-0.4, -0.2) is 4.98 Å². The maximum Gasteiger partial charge on any atom is 0.123 e. The van der Waals surface area contributed by atoms with Crippen LogP contribution in [0.3, 0.4) is 0 Å². The van der Waals surface area contributed by atoms with Gasteiger partial charge in [-0.2, -0.15) is 0 Å². The minimum absolute atomic E-state index is 0.533. The van der Waals surface area contributed by atoms with E-state index in [4.69, 9.17) is 11.6 Å². The first-order valence-corrected chi connectivity index (χ1v) is 6.20. The van der Waals surface area contributed by atoms with Gasteiger partial charge in [-0.25, -0.2) is 4.98 Å². The summed E-state index contributed by atoms with van der Waals surface area (Å²) in [5.74, 6) is 0.533. The molecule has 4 heteroatoms. The minimum atomic E-state index is 0.533. The highest BCUT2D eigenvalue weighted by Crippen LogP contribution is 2.27. The molecule has 0 radical (unpaired) electrons. The molecule has 14 heavy (non-hydrogen) atoms. The fourth-order valence-corrected chi connectivity index (χ4v) is 2.51. The molecule has 0 saturated heterocycles. The Labute approximate surface area is 99.9 Å². The lowest BCUT2D eigenvalue weighted by Gasteiger charge is -1.95. The summed E-state index contributed by atoms with van der Waals surface area (Å²) in [4.78, 5) is 5.41. The third-order valence-electron chi connectivity index (χ3n) is 1.76. The molecule has 0 aliphatic carbocycles. The van der Waals surface area contributed by atoms with Gasteiger partial charge >= 0.3 is 0 Å². The summed E-state index contributed by atoms with van der Waals surface area (Å²) >= 11 is 10.8. The highest BCUT2D eigenvalue weighted by molar-refractivity contribution is 9.10. The van der Waals surface area contributed by atoms with Gasteiger partial charge in [-0.1, -0.05) is 28.1 Å². The van der Waals surface area contributed by atoms with Gasteiger partial charge in [-0.05, 0) is 12.1 Å². The molecule has 2 aromatic rings. The van der Waals surface area contributed by atoms with Crippen molar-refractivity contribution in [2.45, 2.75) is 5.88 Å². The van der Waals surface area contributed by atoms with Crippen LogP contribution in [0.1, 0.15) is 4.88 Å². The van der Waals surface area contributed by atoms with Crippen molar-refractivity contribution < 1.29 is 0 Å². The van der Waals surface area contributed by atoms with Crippen LogP contribution in [0.4, 0.5) is 0 Å². The Morgan fingerprint density at radius 3 is 2.93 bits per heavy atom. The van der Waals surface area contributed by atoms with Gasteiger partial charge in [-0.3, -0.25) is 0 Å². The Morgan fingerprint density at radius 2 is 2.29 bits per heavy atom. The van der Waals surface area contributed by atoms with Crippen LogP contribution in [0.5, 0.6) is 0 Å². The fourth-order valence-electron chi connectivity index (χ4n) is 1.12. The van der Waals surface area contributed by atoms with Gasteiger partial charge in [0, 0.05) is 21.1 Å². The third-order valence-corrected chi connectivity index (χ3v) is 3.74. The van der Waals surface area contributed by atoms with E-state index in [1.54, 1.807) is 11.3 Å². The molecule has 1 aromatic carbocycles. The van der Waals surface area contributed by atoms with E-state index in [1.165, 1.54) is 0 Å². The van der Waals surface area contributed by atoms with Crippen LogP contribution in [0, 0.1) is 0 Å². The number of halogens is 2. The molecule has 0 fully saturated rings. The van der Waals surface area contributed by atoms with Crippen LogP contribution < -0.4 is 0 Å². The Kier molecular flexibility index (Phi) is 3.21. The molecule has 0 aliphatic rings. The SMILES string of the molecule is ClCc1cnc(-c2cccc(Br)c2)s1. The van der Waals surface area contributed by atoms with E-state index < -0.39 is 0 Å². The van der Waals surface area contributed by atoms with E-state index in [9.17, 15) is 0 Å². The van der Waals surface area contributed by atoms with E-state index in [2.05, 4.69) is 27.0 Å². The van der Waals surface area contributed by atoms with Gasteiger partial charge < -0.3 is 0 Å². The van der Waals surface area contributed by atoms with Gasteiger partial charge in [-0.15, -0.1) is 22.9 Å². The van der Waals surface area contributed by atoms with E-state index >= 15 is 0 Å². The third kappa shape index (κ3) is 2.16. The molecule has 0 N–H and O–H groups in total. The Morgan fingerprint density at radius 1 is 1.43 bits per heavy atom. The van der Waals surface area contributed by atoms with Crippen molar-refractivity contribution in [1.29, 1.82) is 0 Å². The summed E-state index contributed by atoms with van der Waals surface area (Å²) in [7, 11) is 0. The van der Waals surface area contributed by atoms with Crippen LogP contribution >= 0.6 is 38.9 Å². The lowest BCUT2D eigenvalue weighted by molar-refractivity contribution is 1.36. The average molecular weight is 289 g/mol. The second-order valence-corrected chi connectivity index (χ2v) is 5.07. The first-order valence-electron chi connectivity index (χ1n) is 4.06. The van der Waals surface area contributed by atoms with E-state index in [0.29, 0.717) is 5.88 Å². The second-order valence-electron chi connectivity index (χ2n) is 2.78. The topological polar surface area (TPSA) is 12.9 Å². The summed E-state index contributed by atoms with van der Waals surface area (Å²) in [5, 5.41) is 1.02. The van der Waals surface area contributed by atoms with Crippen LogP contribution in [0.25, 0.3) is 10.6 Å². The highest BCUT2D eigenvalue weighted by atomic mass is 79.9. The molecule has 0 bridgehead atoms. The molecule has 1 heterocycles. The smallest absolute Gasteiger partial charge is 0.123 e. The zero-order chi connectivity index (χ0) is 9.97. The molecule has 0 aliphatic heterocycles. The molecule has 0 atom stereocenters. The largest absolute Gasteiger partial charge is 0.244 e. The van der Waals surface area contributed by atoms with E-state index in [1.807, 2.05) is 24.4 Å². The zero-order valence-corrected chi connectivity index (χ0v) is 10.4. The number of nitrogens with zero attached hydrogens (tertiary/aromatic N) is 1. The number of hydrogen-bond acceptors (Lipinski definition) is 2. The minimum Gasteiger partial charge on any atom is -0.244 e. The molecule has 0 saturated carbocycles. The summed E-state index contributed by atoms with van der Waals surface area (Å²) in [5.41, 5.74) is 1.13. The molecule has 1 aromatic heterocycles. The van der Waals surface area contributed by atoms with Crippen molar-refractivity contribution in [3.63, 3.8) is 0 Å². The molecular weight excluding hydrogens is 282 g/mol. The quantitative estimate of drug-likeness (QED) is 0.750. The number of rotatable bonds is 2. The van der Waals surface area contributed by atoms with Crippen LogP contribution in [0.2, 0.25) is 0 Å². The summed E-state index contributed by atoms with van der Waals surface area (Å²) < 4.78 is 1.07. The van der Waals surface area contributed by atoms with Gasteiger partial charge in [0.2, 0.25) is 0 Å². The lowest BCUT2D eigenvalue weighted by atomic mass is 10.2. The first-order chi connectivity index (χ1) is 6.79. The Balaban J connectivity index is 2.39. The van der Waals surface area contributed by atoms with Crippen LogP contribution in [-0.2, 0) is 5.88 Å². The summed E-state index contributed by atoms with van der Waals surface area (Å²) in [6, 6.07) is 8.10. The second kappa shape index (κ2) is 4.43. The molecule has 1 nitrogen and oxygen atoms in total. The van der Waals surface area contributed by atoms with E-state index in [0.717, 1.165) is 19.9 Å². The lowest BCUT2D eigenvalue weighted by Crippen LogP contribution is -1.73. The molecule has 0 amide bonds. The van der Waals surface area contributed by atoms with Crippen LogP contribution in [0.15, 0.2) is 34.9 Å². The molecule has 72 valence electrons. The average Bonchev–Trinajstić information content (AvgIpc) is 2.66. The fraction of sp³-hybridized carbons (Fsp3) is 0.100.